The number of guanidine groups is 1. The van der Waals surface area contributed by atoms with E-state index in [-0.39, 0.29) is 30.6 Å². The summed E-state index contributed by atoms with van der Waals surface area (Å²) in [6, 6.07) is 7.67. The number of carbonyl (C=O) groups is 1. The van der Waals surface area contributed by atoms with Crippen LogP contribution in [-0.4, -0.2) is 52.3 Å². The highest BCUT2D eigenvalue weighted by Crippen LogP contribution is 2.43. The molecule has 8 heteroatoms. The topological polar surface area (TPSA) is 98.0 Å². The van der Waals surface area contributed by atoms with Gasteiger partial charge in [0.05, 0.1) is 0 Å². The van der Waals surface area contributed by atoms with Crippen molar-refractivity contribution < 1.29 is 14.3 Å². The molecule has 0 atom stereocenters. The predicted molar refractivity (Wildman–Crippen MR) is 122 cm³/mol. The Morgan fingerprint density at radius 1 is 1.25 bits per heavy atom. The number of nitrogens with one attached hydrogen (secondary N) is 2. The van der Waals surface area contributed by atoms with E-state index in [4.69, 9.17) is 15.2 Å². The lowest BCUT2D eigenvalue weighted by molar-refractivity contribution is -0.119. The third kappa shape index (κ3) is 8.22. The molecule has 0 radical (unpaired) electrons. The first-order valence-electron chi connectivity index (χ1n) is 9.50. The van der Waals surface area contributed by atoms with Gasteiger partial charge in [-0.3, -0.25) is 9.79 Å². The number of nitrogens with zero attached hydrogens (tertiary/aromatic N) is 1. The number of amides is 1. The van der Waals surface area contributed by atoms with Crippen LogP contribution in [0.5, 0.6) is 5.75 Å². The Bertz CT molecular complexity index is 618. The van der Waals surface area contributed by atoms with Crippen LogP contribution < -0.4 is 21.1 Å². The molecule has 1 aliphatic rings. The maximum atomic E-state index is 10.7. The molecule has 28 heavy (non-hydrogen) atoms. The van der Waals surface area contributed by atoms with Crippen LogP contribution in [0, 0.1) is 5.41 Å². The maximum Gasteiger partial charge on any atom is 0.255 e. The van der Waals surface area contributed by atoms with E-state index in [0.717, 1.165) is 38.5 Å². The van der Waals surface area contributed by atoms with Gasteiger partial charge in [0.2, 0.25) is 0 Å². The molecule has 1 aromatic rings. The van der Waals surface area contributed by atoms with Gasteiger partial charge < -0.3 is 25.8 Å². The molecular weight excluding hydrogens is 471 g/mol. The summed E-state index contributed by atoms with van der Waals surface area (Å²) in [6.07, 6.45) is 5.77. The highest BCUT2D eigenvalue weighted by Gasteiger charge is 2.36. The third-order valence-electron chi connectivity index (χ3n) is 5.12. The highest BCUT2D eigenvalue weighted by molar-refractivity contribution is 14.0. The zero-order chi connectivity index (χ0) is 19.5. The number of benzene rings is 1. The van der Waals surface area contributed by atoms with Crippen LogP contribution in [0.15, 0.2) is 29.3 Å². The summed E-state index contributed by atoms with van der Waals surface area (Å²) in [6.45, 7) is 2.43. The Balaban J connectivity index is 0.00000392. The molecular formula is C20H33IN4O3. The standard InChI is InChI=1S/C20H32N4O3.HI/c1-22-19(24-15-20(9-3-10-20)11-13-26-2)23-12-8-16-4-6-17(7-5-16)27-14-18(21)25;/h4-7H,3,8-15H2,1-2H3,(H2,21,25)(H2,22,23,24);1H. The van der Waals surface area contributed by atoms with Gasteiger partial charge in [-0.2, -0.15) is 0 Å². The third-order valence-corrected chi connectivity index (χ3v) is 5.12. The number of hydrogen-bond acceptors (Lipinski definition) is 4. The monoisotopic (exact) mass is 504 g/mol. The number of ether oxygens (including phenoxy) is 2. The average Bonchev–Trinajstić information content (AvgIpc) is 2.64. The van der Waals surface area contributed by atoms with E-state index in [0.29, 0.717) is 11.2 Å². The number of aliphatic imine (C=N–C) groups is 1. The van der Waals surface area contributed by atoms with Crippen molar-refractivity contribution >= 4 is 35.8 Å². The average molecular weight is 504 g/mol. The molecule has 0 unspecified atom stereocenters. The molecule has 1 fully saturated rings. The van der Waals surface area contributed by atoms with Crippen molar-refractivity contribution in [2.45, 2.75) is 32.1 Å². The minimum absolute atomic E-state index is 0. The summed E-state index contributed by atoms with van der Waals surface area (Å²) < 4.78 is 10.5. The lowest BCUT2D eigenvalue weighted by atomic mass is 9.67. The predicted octanol–water partition coefficient (Wildman–Crippen LogP) is 2.08. The van der Waals surface area contributed by atoms with Gasteiger partial charge in [0, 0.05) is 33.9 Å². The Morgan fingerprint density at radius 3 is 2.50 bits per heavy atom. The minimum atomic E-state index is -0.479. The summed E-state index contributed by atoms with van der Waals surface area (Å²) in [5, 5.41) is 6.83. The molecule has 0 saturated heterocycles. The smallest absolute Gasteiger partial charge is 0.255 e. The highest BCUT2D eigenvalue weighted by atomic mass is 127. The summed E-state index contributed by atoms with van der Waals surface area (Å²) in [5.41, 5.74) is 6.61. The van der Waals surface area contributed by atoms with Gasteiger partial charge in [0.1, 0.15) is 5.75 Å². The summed E-state index contributed by atoms with van der Waals surface area (Å²) >= 11 is 0. The van der Waals surface area contributed by atoms with Crippen molar-refractivity contribution in [2.75, 3.05) is 40.5 Å². The van der Waals surface area contributed by atoms with Crippen LogP contribution in [0.1, 0.15) is 31.2 Å². The van der Waals surface area contributed by atoms with Crippen LogP contribution in [0.2, 0.25) is 0 Å². The number of nitrogens with two attached hydrogens (primary N) is 1. The quantitative estimate of drug-likeness (QED) is 0.244. The molecule has 7 nitrogen and oxygen atoms in total. The molecule has 2 rings (SSSR count). The Labute approximate surface area is 184 Å². The first kappa shape index (κ1) is 24.5. The molecule has 0 heterocycles. The number of primary amides is 1. The number of rotatable bonds is 11. The Morgan fingerprint density at radius 2 is 1.96 bits per heavy atom. The van der Waals surface area contributed by atoms with Gasteiger partial charge >= 0.3 is 0 Å². The number of methoxy groups -OCH3 is 1. The molecule has 0 spiro atoms. The van der Waals surface area contributed by atoms with Gasteiger partial charge in [-0.05, 0) is 48.8 Å². The maximum absolute atomic E-state index is 10.7. The first-order chi connectivity index (χ1) is 13.1. The molecule has 1 amide bonds. The van der Waals surface area contributed by atoms with Crippen molar-refractivity contribution in [3.63, 3.8) is 0 Å². The van der Waals surface area contributed by atoms with E-state index in [1.54, 1.807) is 14.2 Å². The second kappa shape index (κ2) is 12.8. The molecule has 0 aromatic heterocycles. The van der Waals surface area contributed by atoms with Crippen molar-refractivity contribution in [1.29, 1.82) is 0 Å². The molecule has 1 aliphatic carbocycles. The van der Waals surface area contributed by atoms with Crippen LogP contribution in [0.3, 0.4) is 0 Å². The van der Waals surface area contributed by atoms with Crippen molar-refractivity contribution in [1.82, 2.24) is 10.6 Å². The van der Waals surface area contributed by atoms with E-state index in [1.165, 1.54) is 24.8 Å². The Kier molecular flexibility index (Phi) is 11.2. The van der Waals surface area contributed by atoms with Crippen molar-refractivity contribution in [3.8, 4) is 5.75 Å². The molecule has 1 aromatic carbocycles. The lowest BCUT2D eigenvalue weighted by Gasteiger charge is -2.42. The van der Waals surface area contributed by atoms with Crippen LogP contribution in [-0.2, 0) is 16.0 Å². The number of carbonyl (C=O) groups excluding carboxylic acids is 1. The number of hydrogen-bond donors (Lipinski definition) is 3. The SMILES string of the molecule is CN=C(NCCc1ccc(OCC(N)=O)cc1)NCC1(CCOC)CCC1.I. The zero-order valence-electron chi connectivity index (χ0n) is 16.8. The lowest BCUT2D eigenvalue weighted by Crippen LogP contribution is -2.47. The first-order valence-corrected chi connectivity index (χ1v) is 9.50. The van der Waals surface area contributed by atoms with E-state index < -0.39 is 5.91 Å². The zero-order valence-corrected chi connectivity index (χ0v) is 19.2. The van der Waals surface area contributed by atoms with Gasteiger partial charge in [0.15, 0.2) is 12.6 Å². The van der Waals surface area contributed by atoms with E-state index in [2.05, 4.69) is 15.6 Å². The van der Waals surface area contributed by atoms with Crippen molar-refractivity contribution in [3.05, 3.63) is 29.8 Å². The summed E-state index contributed by atoms with van der Waals surface area (Å²) in [7, 11) is 3.56. The molecule has 4 N–H and O–H groups in total. The minimum Gasteiger partial charge on any atom is -0.484 e. The molecule has 0 aliphatic heterocycles. The number of halogens is 1. The van der Waals surface area contributed by atoms with Crippen molar-refractivity contribution in [2.24, 2.45) is 16.1 Å². The van der Waals surface area contributed by atoms with Gasteiger partial charge in [-0.1, -0.05) is 18.6 Å². The summed E-state index contributed by atoms with van der Waals surface area (Å²) in [4.78, 5) is 15.0. The van der Waals surface area contributed by atoms with Gasteiger partial charge in [0.25, 0.3) is 5.91 Å². The largest absolute Gasteiger partial charge is 0.484 e. The normalized spacial score (nSPS) is 15.1. The second-order valence-corrected chi connectivity index (χ2v) is 7.10. The van der Waals surface area contributed by atoms with E-state index in [9.17, 15) is 4.79 Å². The van der Waals surface area contributed by atoms with E-state index in [1.807, 2.05) is 24.3 Å². The van der Waals surface area contributed by atoms with E-state index >= 15 is 0 Å². The van der Waals surface area contributed by atoms with Gasteiger partial charge in [-0.25, -0.2) is 0 Å². The summed E-state index contributed by atoms with van der Waals surface area (Å²) in [5.74, 6) is 0.998. The van der Waals surface area contributed by atoms with Crippen LogP contribution in [0.4, 0.5) is 0 Å². The molecule has 158 valence electrons. The van der Waals surface area contributed by atoms with Crippen LogP contribution >= 0.6 is 24.0 Å². The Hall–Kier alpha value is -1.55. The van der Waals surface area contributed by atoms with Crippen LogP contribution in [0.25, 0.3) is 0 Å². The molecule has 0 bridgehead atoms. The van der Waals surface area contributed by atoms with Gasteiger partial charge in [-0.15, -0.1) is 24.0 Å². The fourth-order valence-electron chi connectivity index (χ4n) is 3.23. The fourth-order valence-corrected chi connectivity index (χ4v) is 3.23. The molecule has 1 saturated carbocycles. The fraction of sp³-hybridized carbons (Fsp3) is 0.600. The second-order valence-electron chi connectivity index (χ2n) is 7.10.